The second-order valence-electron chi connectivity index (χ2n) is 4.07. The Balaban J connectivity index is 2.50. The van der Waals surface area contributed by atoms with Crippen LogP contribution >= 0.6 is 23.8 Å². The molecule has 0 aromatic heterocycles. The van der Waals surface area contributed by atoms with Crippen LogP contribution in [0.5, 0.6) is 0 Å². The van der Waals surface area contributed by atoms with Gasteiger partial charge in [0.25, 0.3) is 5.69 Å². The SMILES string of the molecule is COCCNC(=O)CNC(=S)Nc1cc([N+](=O)[O-])ccc1Cl. The predicted octanol–water partition coefficient (Wildman–Crippen LogP) is 1.30. The van der Waals surface area contributed by atoms with Crippen molar-refractivity contribution in [2.24, 2.45) is 0 Å². The van der Waals surface area contributed by atoms with Gasteiger partial charge in [0.2, 0.25) is 5.91 Å². The molecule has 22 heavy (non-hydrogen) atoms. The average Bonchev–Trinajstić information content (AvgIpc) is 2.47. The number of non-ortho nitro benzene ring substituents is 1. The van der Waals surface area contributed by atoms with E-state index in [9.17, 15) is 14.9 Å². The Morgan fingerprint density at radius 1 is 1.45 bits per heavy atom. The summed E-state index contributed by atoms with van der Waals surface area (Å²) < 4.78 is 4.80. The molecule has 0 saturated carbocycles. The number of carbonyl (C=O) groups is 1. The van der Waals surface area contributed by atoms with Gasteiger partial charge >= 0.3 is 0 Å². The van der Waals surface area contributed by atoms with Gasteiger partial charge in [-0.2, -0.15) is 0 Å². The number of ether oxygens (including phenoxy) is 1. The van der Waals surface area contributed by atoms with Crippen molar-refractivity contribution >= 4 is 46.2 Å². The molecule has 0 aliphatic rings. The maximum atomic E-state index is 11.5. The Morgan fingerprint density at radius 2 is 2.18 bits per heavy atom. The number of nitrogens with zero attached hydrogens (tertiary/aromatic N) is 1. The molecule has 0 aliphatic carbocycles. The summed E-state index contributed by atoms with van der Waals surface area (Å²) in [6.07, 6.45) is 0. The van der Waals surface area contributed by atoms with E-state index in [0.29, 0.717) is 13.2 Å². The summed E-state index contributed by atoms with van der Waals surface area (Å²) in [5.41, 5.74) is 0.167. The number of nitrogens with one attached hydrogen (secondary N) is 3. The largest absolute Gasteiger partial charge is 0.383 e. The minimum absolute atomic E-state index is 0.0396. The number of anilines is 1. The summed E-state index contributed by atoms with van der Waals surface area (Å²) in [6.45, 7) is 0.772. The third-order valence-corrected chi connectivity index (χ3v) is 3.02. The Labute approximate surface area is 137 Å². The van der Waals surface area contributed by atoms with Crippen LogP contribution in [-0.2, 0) is 9.53 Å². The van der Waals surface area contributed by atoms with Crippen LogP contribution in [0.4, 0.5) is 11.4 Å². The summed E-state index contributed by atoms with van der Waals surface area (Å²) in [7, 11) is 1.53. The third kappa shape index (κ3) is 6.20. The van der Waals surface area contributed by atoms with Gasteiger partial charge in [0.05, 0.1) is 28.8 Å². The van der Waals surface area contributed by atoms with Crippen molar-refractivity contribution in [1.29, 1.82) is 0 Å². The molecule has 0 saturated heterocycles. The summed E-state index contributed by atoms with van der Waals surface area (Å²) >= 11 is 10.9. The molecule has 120 valence electrons. The van der Waals surface area contributed by atoms with Crippen LogP contribution in [0.15, 0.2) is 18.2 Å². The van der Waals surface area contributed by atoms with Gasteiger partial charge in [-0.3, -0.25) is 14.9 Å². The second-order valence-corrected chi connectivity index (χ2v) is 4.89. The molecule has 1 aromatic carbocycles. The number of hydrogen-bond donors (Lipinski definition) is 3. The van der Waals surface area contributed by atoms with Gasteiger partial charge in [-0.25, -0.2) is 0 Å². The fraction of sp³-hybridized carbons (Fsp3) is 0.333. The van der Waals surface area contributed by atoms with E-state index in [4.69, 9.17) is 28.6 Å². The van der Waals surface area contributed by atoms with E-state index in [1.54, 1.807) is 0 Å². The molecule has 1 rings (SSSR count). The minimum atomic E-state index is -0.540. The van der Waals surface area contributed by atoms with Crippen molar-refractivity contribution in [3.05, 3.63) is 33.3 Å². The normalized spacial score (nSPS) is 9.91. The van der Waals surface area contributed by atoms with Crippen LogP contribution in [0, 0.1) is 10.1 Å². The number of nitro groups is 1. The van der Waals surface area contributed by atoms with Crippen LogP contribution < -0.4 is 16.0 Å². The van der Waals surface area contributed by atoms with E-state index < -0.39 is 4.92 Å². The Morgan fingerprint density at radius 3 is 2.82 bits per heavy atom. The summed E-state index contributed by atoms with van der Waals surface area (Å²) in [6, 6.07) is 3.93. The van der Waals surface area contributed by atoms with Gasteiger partial charge in [0.1, 0.15) is 0 Å². The molecule has 8 nitrogen and oxygen atoms in total. The lowest BCUT2D eigenvalue weighted by Crippen LogP contribution is -2.39. The van der Waals surface area contributed by atoms with Crippen molar-refractivity contribution < 1.29 is 14.5 Å². The highest BCUT2D eigenvalue weighted by Gasteiger charge is 2.11. The van der Waals surface area contributed by atoms with Crippen LogP contribution in [-0.4, -0.2) is 42.7 Å². The third-order valence-electron chi connectivity index (χ3n) is 2.45. The lowest BCUT2D eigenvalue weighted by molar-refractivity contribution is -0.384. The fourth-order valence-corrected chi connectivity index (χ4v) is 1.75. The van der Waals surface area contributed by atoms with Gasteiger partial charge < -0.3 is 20.7 Å². The standard InChI is InChI=1S/C12H15ClN4O4S/c1-21-5-4-14-11(18)7-15-12(22)16-10-6-8(17(19)20)2-3-9(10)13/h2-3,6H,4-5,7H2,1H3,(H,14,18)(H2,15,16,22). The number of nitro benzene ring substituents is 1. The van der Waals surface area contributed by atoms with Gasteiger partial charge in [-0.1, -0.05) is 11.6 Å². The van der Waals surface area contributed by atoms with E-state index in [1.807, 2.05) is 0 Å². The van der Waals surface area contributed by atoms with E-state index in [2.05, 4.69) is 16.0 Å². The maximum absolute atomic E-state index is 11.5. The molecule has 0 radical (unpaired) electrons. The smallest absolute Gasteiger partial charge is 0.271 e. The zero-order chi connectivity index (χ0) is 16.5. The van der Waals surface area contributed by atoms with Crippen molar-refractivity contribution in [2.75, 3.05) is 32.1 Å². The molecular weight excluding hydrogens is 332 g/mol. The van der Waals surface area contributed by atoms with E-state index in [-0.39, 0.29) is 34.0 Å². The van der Waals surface area contributed by atoms with Gasteiger partial charge in [-0.05, 0) is 18.3 Å². The van der Waals surface area contributed by atoms with Gasteiger partial charge in [-0.15, -0.1) is 0 Å². The lowest BCUT2D eigenvalue weighted by Gasteiger charge is -2.11. The first-order chi connectivity index (χ1) is 10.4. The van der Waals surface area contributed by atoms with Gasteiger partial charge in [0, 0.05) is 25.8 Å². The van der Waals surface area contributed by atoms with Crippen molar-refractivity contribution in [3.8, 4) is 0 Å². The van der Waals surface area contributed by atoms with Gasteiger partial charge in [0.15, 0.2) is 5.11 Å². The molecule has 0 bridgehead atoms. The lowest BCUT2D eigenvalue weighted by atomic mass is 10.3. The Bertz CT molecular complexity index is 570. The van der Waals surface area contributed by atoms with E-state index in [1.165, 1.54) is 25.3 Å². The van der Waals surface area contributed by atoms with E-state index >= 15 is 0 Å². The molecule has 0 aliphatic heterocycles. The second kappa shape index (κ2) is 9.13. The van der Waals surface area contributed by atoms with Crippen LogP contribution in [0.1, 0.15) is 0 Å². The first-order valence-corrected chi connectivity index (χ1v) is 6.97. The Kier molecular flexibility index (Phi) is 7.50. The quantitative estimate of drug-likeness (QED) is 0.296. The monoisotopic (exact) mass is 346 g/mol. The number of amides is 1. The number of carbonyl (C=O) groups excluding carboxylic acids is 1. The molecular formula is C12H15ClN4O4S. The first-order valence-electron chi connectivity index (χ1n) is 6.18. The average molecular weight is 347 g/mol. The fourth-order valence-electron chi connectivity index (χ4n) is 1.40. The van der Waals surface area contributed by atoms with Crippen LogP contribution in [0.25, 0.3) is 0 Å². The number of methoxy groups -OCH3 is 1. The van der Waals surface area contributed by atoms with Crippen molar-refractivity contribution in [3.63, 3.8) is 0 Å². The molecule has 1 aromatic rings. The minimum Gasteiger partial charge on any atom is -0.383 e. The number of hydrogen-bond acceptors (Lipinski definition) is 5. The highest BCUT2D eigenvalue weighted by Crippen LogP contribution is 2.26. The molecule has 1 amide bonds. The zero-order valence-corrected chi connectivity index (χ0v) is 13.3. The van der Waals surface area contributed by atoms with Crippen LogP contribution in [0.3, 0.4) is 0 Å². The maximum Gasteiger partial charge on any atom is 0.271 e. The van der Waals surface area contributed by atoms with Crippen LogP contribution in [0.2, 0.25) is 5.02 Å². The molecule has 0 unspecified atom stereocenters. The highest BCUT2D eigenvalue weighted by atomic mass is 35.5. The molecule has 10 heteroatoms. The molecule has 0 heterocycles. The summed E-state index contributed by atoms with van der Waals surface area (Å²) in [5.74, 6) is -0.258. The highest BCUT2D eigenvalue weighted by molar-refractivity contribution is 7.80. The number of thiocarbonyl (C=S) groups is 1. The number of halogens is 1. The van der Waals surface area contributed by atoms with Crippen molar-refractivity contribution in [2.45, 2.75) is 0 Å². The molecule has 0 atom stereocenters. The Hall–Kier alpha value is -1.97. The number of benzene rings is 1. The number of rotatable bonds is 7. The molecule has 0 fully saturated rings. The summed E-state index contributed by atoms with van der Waals surface area (Å²) in [5, 5.41) is 19.1. The predicted molar refractivity (Wildman–Crippen MR) is 87.2 cm³/mol. The topological polar surface area (TPSA) is 106 Å². The summed E-state index contributed by atoms with van der Waals surface area (Å²) in [4.78, 5) is 21.6. The zero-order valence-electron chi connectivity index (χ0n) is 11.7. The molecule has 3 N–H and O–H groups in total. The van der Waals surface area contributed by atoms with E-state index in [0.717, 1.165) is 0 Å². The first kappa shape index (κ1) is 18.1. The molecule has 0 spiro atoms. The van der Waals surface area contributed by atoms with Crippen molar-refractivity contribution in [1.82, 2.24) is 10.6 Å².